The Morgan fingerprint density at radius 2 is 1.94 bits per heavy atom. The molecule has 2 N–H and O–H groups in total. The molecule has 1 aromatic rings. The van der Waals surface area contributed by atoms with E-state index in [0.29, 0.717) is 17.6 Å². The van der Waals surface area contributed by atoms with E-state index in [1.807, 2.05) is 26.0 Å². The van der Waals surface area contributed by atoms with E-state index in [4.69, 9.17) is 10.5 Å². The molecule has 0 bridgehead atoms. The molecule has 102 valence electrons. The Morgan fingerprint density at radius 3 is 2.44 bits per heavy atom. The van der Waals surface area contributed by atoms with Gasteiger partial charge in [0.2, 0.25) is 5.88 Å². The van der Waals surface area contributed by atoms with E-state index in [1.54, 1.807) is 0 Å². The SMILES string of the molecule is CCC(C)N(CC)c1ccc(N)c(OC(C)C)n1. The lowest BCUT2D eigenvalue weighted by molar-refractivity contribution is 0.234. The molecule has 0 aromatic carbocycles. The van der Waals surface area contributed by atoms with Crippen molar-refractivity contribution < 1.29 is 4.74 Å². The largest absolute Gasteiger partial charge is 0.473 e. The predicted octanol–water partition coefficient (Wildman–Crippen LogP) is 3.08. The summed E-state index contributed by atoms with van der Waals surface area (Å²) in [4.78, 5) is 6.79. The number of anilines is 2. The van der Waals surface area contributed by atoms with Crippen LogP contribution in [-0.4, -0.2) is 23.7 Å². The average molecular weight is 251 g/mol. The maximum Gasteiger partial charge on any atom is 0.239 e. The molecule has 0 saturated heterocycles. The van der Waals surface area contributed by atoms with Crippen LogP contribution >= 0.6 is 0 Å². The van der Waals surface area contributed by atoms with Gasteiger partial charge >= 0.3 is 0 Å². The number of nitrogen functional groups attached to an aromatic ring is 1. The van der Waals surface area contributed by atoms with Gasteiger partial charge in [-0.25, -0.2) is 0 Å². The molecule has 1 unspecified atom stereocenters. The van der Waals surface area contributed by atoms with Crippen LogP contribution in [0.1, 0.15) is 41.0 Å². The highest BCUT2D eigenvalue weighted by molar-refractivity contribution is 5.54. The summed E-state index contributed by atoms with van der Waals surface area (Å²) in [7, 11) is 0. The van der Waals surface area contributed by atoms with Gasteiger partial charge in [0, 0.05) is 12.6 Å². The lowest BCUT2D eigenvalue weighted by atomic mass is 10.2. The molecule has 4 heteroatoms. The molecular formula is C14H25N3O. The monoisotopic (exact) mass is 251 g/mol. The lowest BCUT2D eigenvalue weighted by Crippen LogP contribution is -2.33. The van der Waals surface area contributed by atoms with Crippen LogP contribution in [0.25, 0.3) is 0 Å². The zero-order valence-corrected chi connectivity index (χ0v) is 12.1. The highest BCUT2D eigenvalue weighted by Crippen LogP contribution is 2.25. The molecule has 18 heavy (non-hydrogen) atoms. The first-order valence-electron chi connectivity index (χ1n) is 6.69. The summed E-state index contributed by atoms with van der Waals surface area (Å²) in [6, 6.07) is 4.28. The Bertz CT molecular complexity index is 379. The fourth-order valence-corrected chi connectivity index (χ4v) is 1.84. The van der Waals surface area contributed by atoms with E-state index >= 15 is 0 Å². The van der Waals surface area contributed by atoms with Crippen LogP contribution in [0, 0.1) is 0 Å². The van der Waals surface area contributed by atoms with E-state index in [9.17, 15) is 0 Å². The zero-order valence-electron chi connectivity index (χ0n) is 12.1. The van der Waals surface area contributed by atoms with Crippen molar-refractivity contribution in [1.29, 1.82) is 0 Å². The molecule has 0 radical (unpaired) electrons. The topological polar surface area (TPSA) is 51.4 Å². The Balaban J connectivity index is 3.02. The molecule has 4 nitrogen and oxygen atoms in total. The van der Waals surface area contributed by atoms with Crippen LogP contribution in [0.4, 0.5) is 11.5 Å². The average Bonchev–Trinajstić information content (AvgIpc) is 2.33. The van der Waals surface area contributed by atoms with Crippen LogP contribution in [0.3, 0.4) is 0 Å². The number of nitrogens with two attached hydrogens (primary N) is 1. The van der Waals surface area contributed by atoms with Crippen LogP contribution in [0.2, 0.25) is 0 Å². The van der Waals surface area contributed by atoms with Gasteiger partial charge in [0.15, 0.2) is 0 Å². The number of hydrogen-bond acceptors (Lipinski definition) is 4. The second-order valence-corrected chi connectivity index (χ2v) is 4.77. The van der Waals surface area contributed by atoms with Crippen molar-refractivity contribution in [3.63, 3.8) is 0 Å². The number of nitrogens with zero attached hydrogens (tertiary/aromatic N) is 2. The van der Waals surface area contributed by atoms with Gasteiger partial charge in [0.05, 0.1) is 11.8 Å². The third-order valence-electron chi connectivity index (χ3n) is 2.98. The highest BCUT2D eigenvalue weighted by atomic mass is 16.5. The van der Waals surface area contributed by atoms with E-state index in [-0.39, 0.29) is 6.10 Å². The van der Waals surface area contributed by atoms with Crippen molar-refractivity contribution in [2.75, 3.05) is 17.2 Å². The second-order valence-electron chi connectivity index (χ2n) is 4.77. The Labute approximate surface area is 110 Å². The molecule has 0 aliphatic carbocycles. The first-order chi connectivity index (χ1) is 8.49. The molecule has 0 amide bonds. The van der Waals surface area contributed by atoms with Gasteiger partial charge in [-0.3, -0.25) is 0 Å². The fourth-order valence-electron chi connectivity index (χ4n) is 1.84. The van der Waals surface area contributed by atoms with Crippen molar-refractivity contribution in [3.05, 3.63) is 12.1 Å². The van der Waals surface area contributed by atoms with E-state index < -0.39 is 0 Å². The number of aromatic nitrogens is 1. The smallest absolute Gasteiger partial charge is 0.239 e. The molecule has 1 heterocycles. The third kappa shape index (κ3) is 3.52. The van der Waals surface area contributed by atoms with Crippen molar-refractivity contribution in [2.45, 2.75) is 53.2 Å². The van der Waals surface area contributed by atoms with E-state index in [1.165, 1.54) is 0 Å². The molecule has 0 fully saturated rings. The Hall–Kier alpha value is -1.45. The number of hydrogen-bond donors (Lipinski definition) is 1. The van der Waals surface area contributed by atoms with Gasteiger partial charge in [-0.1, -0.05) is 6.92 Å². The number of ether oxygens (including phenoxy) is 1. The van der Waals surface area contributed by atoms with Gasteiger partial charge in [0.1, 0.15) is 5.82 Å². The van der Waals surface area contributed by atoms with Crippen LogP contribution in [-0.2, 0) is 0 Å². The van der Waals surface area contributed by atoms with Crippen molar-refractivity contribution in [2.24, 2.45) is 0 Å². The molecule has 1 aromatic heterocycles. The fraction of sp³-hybridized carbons (Fsp3) is 0.643. The van der Waals surface area contributed by atoms with E-state index in [0.717, 1.165) is 18.8 Å². The van der Waals surface area contributed by atoms with Gasteiger partial charge in [0.25, 0.3) is 0 Å². The maximum atomic E-state index is 5.88. The lowest BCUT2D eigenvalue weighted by Gasteiger charge is -2.28. The zero-order chi connectivity index (χ0) is 13.7. The molecular weight excluding hydrogens is 226 g/mol. The van der Waals surface area contributed by atoms with Crippen LogP contribution < -0.4 is 15.4 Å². The van der Waals surface area contributed by atoms with Crippen molar-refractivity contribution in [3.8, 4) is 5.88 Å². The van der Waals surface area contributed by atoms with Crippen molar-refractivity contribution >= 4 is 11.5 Å². The first kappa shape index (κ1) is 14.6. The summed E-state index contributed by atoms with van der Waals surface area (Å²) in [6.45, 7) is 11.4. The van der Waals surface area contributed by atoms with Gasteiger partial charge in [-0.05, 0) is 46.2 Å². The van der Waals surface area contributed by atoms with Crippen LogP contribution in [0.15, 0.2) is 12.1 Å². The van der Waals surface area contributed by atoms with Gasteiger partial charge < -0.3 is 15.4 Å². The summed E-state index contributed by atoms with van der Waals surface area (Å²) in [5.41, 5.74) is 6.47. The molecule has 1 atom stereocenters. The minimum atomic E-state index is 0.0775. The van der Waals surface area contributed by atoms with E-state index in [2.05, 4.69) is 30.7 Å². The quantitative estimate of drug-likeness (QED) is 0.844. The maximum absolute atomic E-state index is 5.88. The summed E-state index contributed by atoms with van der Waals surface area (Å²) in [6.07, 6.45) is 1.16. The van der Waals surface area contributed by atoms with Crippen molar-refractivity contribution in [1.82, 2.24) is 4.98 Å². The minimum absolute atomic E-state index is 0.0775. The first-order valence-corrected chi connectivity index (χ1v) is 6.69. The summed E-state index contributed by atoms with van der Waals surface area (Å²) >= 11 is 0. The highest BCUT2D eigenvalue weighted by Gasteiger charge is 2.14. The number of pyridine rings is 1. The second kappa shape index (κ2) is 6.47. The molecule has 1 rings (SSSR count). The molecule has 0 spiro atoms. The standard InChI is InChI=1S/C14H25N3O/c1-6-11(5)17(7-2)13-9-8-12(15)14(16-13)18-10(3)4/h8-11H,6-7,15H2,1-5H3. The van der Waals surface area contributed by atoms with Crippen LogP contribution in [0.5, 0.6) is 5.88 Å². The number of rotatable bonds is 6. The molecule has 0 aliphatic heterocycles. The molecule has 0 aliphatic rings. The molecule has 0 saturated carbocycles. The normalized spacial score (nSPS) is 12.6. The summed E-state index contributed by atoms with van der Waals surface area (Å²) in [5, 5.41) is 0. The Kier molecular flexibility index (Phi) is 5.25. The third-order valence-corrected chi connectivity index (χ3v) is 2.98. The predicted molar refractivity (Wildman–Crippen MR) is 77.2 cm³/mol. The van der Waals surface area contributed by atoms with Gasteiger partial charge in [-0.2, -0.15) is 4.98 Å². The Morgan fingerprint density at radius 1 is 1.28 bits per heavy atom. The summed E-state index contributed by atoms with van der Waals surface area (Å²) < 4.78 is 5.63. The van der Waals surface area contributed by atoms with Gasteiger partial charge in [-0.15, -0.1) is 0 Å². The summed E-state index contributed by atoms with van der Waals surface area (Å²) in [5.74, 6) is 1.46. The minimum Gasteiger partial charge on any atom is -0.473 e.